The molecule has 0 spiro atoms. The third-order valence-electron chi connectivity index (χ3n) is 4.56. The number of hydrogen-bond donors (Lipinski definition) is 3. The fourth-order valence-corrected chi connectivity index (χ4v) is 3.38. The molecule has 1 aliphatic heterocycles. The predicted octanol–water partition coefficient (Wildman–Crippen LogP) is 2.01. The van der Waals surface area contributed by atoms with E-state index in [0.717, 1.165) is 56.2 Å². The zero-order valence-corrected chi connectivity index (χ0v) is 19.6. The van der Waals surface area contributed by atoms with Crippen molar-refractivity contribution in [2.24, 2.45) is 10.7 Å². The molecule has 1 heterocycles. The molecule has 1 saturated heterocycles. The summed E-state index contributed by atoms with van der Waals surface area (Å²) in [6.45, 7) is 5.55. The van der Waals surface area contributed by atoms with Crippen LogP contribution in [0.5, 0.6) is 5.75 Å². The van der Waals surface area contributed by atoms with Crippen molar-refractivity contribution < 1.29 is 9.53 Å². The number of nitrogens with one attached hydrogen (secondary N) is 2. The van der Waals surface area contributed by atoms with E-state index in [1.54, 1.807) is 7.11 Å². The van der Waals surface area contributed by atoms with Crippen LogP contribution in [-0.2, 0) is 11.2 Å². The van der Waals surface area contributed by atoms with E-state index in [4.69, 9.17) is 22.1 Å². The lowest BCUT2D eigenvalue weighted by molar-refractivity contribution is -0.119. The second-order valence-corrected chi connectivity index (χ2v) is 7.04. The number of aliphatic imine (C=N–C) groups is 1. The molecule has 28 heavy (non-hydrogen) atoms. The number of nitrogens with two attached hydrogens (primary N) is 1. The lowest BCUT2D eigenvalue weighted by atomic mass is 10.1. The van der Waals surface area contributed by atoms with Crippen LogP contribution in [0.2, 0.25) is 5.02 Å². The lowest BCUT2D eigenvalue weighted by Gasteiger charge is -2.32. The van der Waals surface area contributed by atoms with Gasteiger partial charge < -0.3 is 21.1 Å². The number of rotatable bonds is 8. The first kappa shape index (κ1) is 24.8. The Morgan fingerprint density at radius 2 is 2.11 bits per heavy atom. The summed E-state index contributed by atoms with van der Waals surface area (Å²) >= 11 is 6.29. The fraction of sp³-hybridized carbons (Fsp3) is 0.579. The quantitative estimate of drug-likeness (QED) is 0.275. The normalized spacial score (nSPS) is 15.6. The summed E-state index contributed by atoms with van der Waals surface area (Å²) in [6.07, 6.45) is 2.68. The van der Waals surface area contributed by atoms with Gasteiger partial charge >= 0.3 is 0 Å². The largest absolute Gasteiger partial charge is 0.497 e. The van der Waals surface area contributed by atoms with Crippen molar-refractivity contribution in [2.75, 3.05) is 39.8 Å². The standard InChI is InChI=1S/C19H30ClN5O2.HI/c1-3-22-19(24-15-7-10-25(11-8-15)13-18(21)26)23-9-6-14-4-5-16(27-2)12-17(14)20;/h4-5,12,15H,3,6-11,13H2,1-2H3,(H2,21,26)(H2,22,23,24);1H. The highest BCUT2D eigenvalue weighted by molar-refractivity contribution is 14.0. The van der Waals surface area contributed by atoms with Crippen LogP contribution in [0.3, 0.4) is 0 Å². The van der Waals surface area contributed by atoms with Gasteiger partial charge in [0.25, 0.3) is 0 Å². The van der Waals surface area contributed by atoms with Gasteiger partial charge in [-0.3, -0.25) is 14.7 Å². The molecule has 0 unspecified atom stereocenters. The Hall–Kier alpha value is -1.26. The molecule has 0 radical (unpaired) electrons. The third kappa shape index (κ3) is 8.40. The Morgan fingerprint density at radius 1 is 1.39 bits per heavy atom. The van der Waals surface area contributed by atoms with Crippen LogP contribution in [0.15, 0.2) is 23.2 Å². The van der Waals surface area contributed by atoms with Crippen LogP contribution in [-0.4, -0.2) is 62.6 Å². The van der Waals surface area contributed by atoms with Crippen molar-refractivity contribution in [3.8, 4) is 5.75 Å². The maximum atomic E-state index is 11.0. The van der Waals surface area contributed by atoms with Crippen molar-refractivity contribution in [2.45, 2.75) is 32.2 Å². The van der Waals surface area contributed by atoms with E-state index in [2.05, 4.69) is 20.5 Å². The number of hydrogen-bond acceptors (Lipinski definition) is 4. The van der Waals surface area contributed by atoms with Crippen LogP contribution < -0.4 is 21.1 Å². The molecule has 158 valence electrons. The van der Waals surface area contributed by atoms with Crippen LogP contribution in [0, 0.1) is 0 Å². The number of amides is 1. The molecule has 0 bridgehead atoms. The number of guanidine groups is 1. The molecule has 1 aliphatic rings. The summed E-state index contributed by atoms with van der Waals surface area (Å²) in [5.41, 5.74) is 6.32. The molecule has 0 aromatic heterocycles. The topological polar surface area (TPSA) is 92.0 Å². The monoisotopic (exact) mass is 523 g/mol. The summed E-state index contributed by atoms with van der Waals surface area (Å²) < 4.78 is 5.18. The molecule has 0 saturated carbocycles. The number of benzene rings is 1. The molecule has 9 heteroatoms. The van der Waals surface area contributed by atoms with E-state index in [1.807, 2.05) is 25.1 Å². The highest BCUT2D eigenvalue weighted by Gasteiger charge is 2.20. The van der Waals surface area contributed by atoms with Gasteiger partial charge in [-0.2, -0.15) is 0 Å². The Labute approximate surface area is 189 Å². The highest BCUT2D eigenvalue weighted by atomic mass is 127. The molecule has 4 N–H and O–H groups in total. The molecule has 1 aromatic carbocycles. The number of nitrogens with zero attached hydrogens (tertiary/aromatic N) is 2. The first-order valence-corrected chi connectivity index (χ1v) is 9.77. The molecule has 1 amide bonds. The smallest absolute Gasteiger partial charge is 0.231 e. The number of methoxy groups -OCH3 is 1. The number of carbonyl (C=O) groups is 1. The van der Waals surface area contributed by atoms with Crippen molar-refractivity contribution >= 4 is 47.4 Å². The third-order valence-corrected chi connectivity index (χ3v) is 4.92. The Kier molecular flexibility index (Phi) is 11.6. The molecule has 0 atom stereocenters. The highest BCUT2D eigenvalue weighted by Crippen LogP contribution is 2.22. The summed E-state index contributed by atoms with van der Waals surface area (Å²) in [7, 11) is 1.63. The first-order chi connectivity index (χ1) is 13.0. The van der Waals surface area contributed by atoms with E-state index < -0.39 is 0 Å². The minimum absolute atomic E-state index is 0. The Balaban J connectivity index is 0.00000392. The van der Waals surface area contributed by atoms with Crippen LogP contribution in [0.1, 0.15) is 25.3 Å². The van der Waals surface area contributed by atoms with Gasteiger partial charge in [0.2, 0.25) is 5.91 Å². The molecule has 1 aromatic rings. The van der Waals surface area contributed by atoms with Gasteiger partial charge in [0.05, 0.1) is 13.7 Å². The molecule has 7 nitrogen and oxygen atoms in total. The zero-order valence-electron chi connectivity index (χ0n) is 16.5. The van der Waals surface area contributed by atoms with Gasteiger partial charge in [-0.25, -0.2) is 0 Å². The Bertz CT molecular complexity index is 651. The summed E-state index contributed by atoms with van der Waals surface area (Å²) in [6, 6.07) is 6.06. The second kappa shape index (κ2) is 13.1. The molecule has 0 aliphatic carbocycles. The molecule has 1 fully saturated rings. The van der Waals surface area contributed by atoms with Gasteiger partial charge in [0.1, 0.15) is 5.75 Å². The number of piperidine rings is 1. The SMILES string of the molecule is CCNC(=NCCc1ccc(OC)cc1Cl)NC1CCN(CC(N)=O)CC1.I. The molecule has 2 rings (SSSR count). The van der Waals surface area contributed by atoms with Gasteiger partial charge in [0, 0.05) is 37.2 Å². The summed E-state index contributed by atoms with van der Waals surface area (Å²) in [5.74, 6) is 1.30. The molecular weight excluding hydrogens is 493 g/mol. The number of primary amides is 1. The van der Waals surface area contributed by atoms with Crippen molar-refractivity contribution in [3.63, 3.8) is 0 Å². The fourth-order valence-electron chi connectivity index (χ4n) is 3.12. The zero-order chi connectivity index (χ0) is 19.6. The van der Waals surface area contributed by atoms with E-state index in [0.29, 0.717) is 24.2 Å². The van der Waals surface area contributed by atoms with Gasteiger partial charge in [-0.05, 0) is 43.9 Å². The van der Waals surface area contributed by atoms with E-state index in [9.17, 15) is 4.79 Å². The van der Waals surface area contributed by atoms with E-state index in [1.165, 1.54) is 0 Å². The van der Waals surface area contributed by atoms with Gasteiger partial charge in [0.15, 0.2) is 5.96 Å². The van der Waals surface area contributed by atoms with Crippen LogP contribution >= 0.6 is 35.6 Å². The minimum atomic E-state index is -0.270. The number of carbonyl (C=O) groups excluding carboxylic acids is 1. The number of likely N-dealkylation sites (tertiary alicyclic amines) is 1. The van der Waals surface area contributed by atoms with Crippen molar-refractivity contribution in [1.29, 1.82) is 0 Å². The first-order valence-electron chi connectivity index (χ1n) is 9.39. The Morgan fingerprint density at radius 3 is 2.68 bits per heavy atom. The summed E-state index contributed by atoms with van der Waals surface area (Å²) in [4.78, 5) is 17.8. The second-order valence-electron chi connectivity index (χ2n) is 6.63. The van der Waals surface area contributed by atoms with E-state index >= 15 is 0 Å². The van der Waals surface area contributed by atoms with Crippen molar-refractivity contribution in [3.05, 3.63) is 28.8 Å². The maximum Gasteiger partial charge on any atom is 0.231 e. The number of halogens is 2. The number of ether oxygens (including phenoxy) is 1. The van der Waals surface area contributed by atoms with Gasteiger partial charge in [-0.1, -0.05) is 17.7 Å². The van der Waals surface area contributed by atoms with Gasteiger partial charge in [-0.15, -0.1) is 24.0 Å². The predicted molar refractivity (Wildman–Crippen MR) is 125 cm³/mol. The lowest BCUT2D eigenvalue weighted by Crippen LogP contribution is -2.49. The minimum Gasteiger partial charge on any atom is -0.497 e. The van der Waals surface area contributed by atoms with Crippen LogP contribution in [0.4, 0.5) is 0 Å². The average molecular weight is 524 g/mol. The van der Waals surface area contributed by atoms with Crippen LogP contribution in [0.25, 0.3) is 0 Å². The molecular formula is C19H31ClIN5O2. The maximum absolute atomic E-state index is 11.0. The summed E-state index contributed by atoms with van der Waals surface area (Å²) in [5, 5.41) is 7.48. The van der Waals surface area contributed by atoms with Crippen molar-refractivity contribution in [1.82, 2.24) is 15.5 Å². The van der Waals surface area contributed by atoms with E-state index in [-0.39, 0.29) is 29.9 Å². The average Bonchev–Trinajstić information content (AvgIpc) is 2.64.